The molecule has 0 saturated carbocycles. The zero-order valence-corrected chi connectivity index (χ0v) is 10.4. The van der Waals surface area contributed by atoms with E-state index in [0.717, 1.165) is 13.1 Å². The van der Waals surface area contributed by atoms with Gasteiger partial charge in [-0.1, -0.05) is 0 Å². The van der Waals surface area contributed by atoms with Gasteiger partial charge in [0, 0.05) is 24.2 Å². The molecule has 2 heteroatoms. The van der Waals surface area contributed by atoms with Gasteiger partial charge in [0.25, 0.3) is 0 Å². The van der Waals surface area contributed by atoms with Gasteiger partial charge in [0.2, 0.25) is 0 Å². The minimum Gasteiger partial charge on any atom is -0.318 e. The van der Waals surface area contributed by atoms with Crippen molar-refractivity contribution in [2.45, 2.75) is 52.6 Å². The Bertz CT molecular complexity index is 125. The Morgan fingerprint density at radius 3 is 1.54 bits per heavy atom. The number of likely N-dealkylation sites (N-methyl/N-ethyl adjacent to an activating group) is 1. The summed E-state index contributed by atoms with van der Waals surface area (Å²) >= 11 is 0. The minimum atomic E-state index is 0.245. The average molecular weight is 186 g/mol. The maximum absolute atomic E-state index is 3.20. The molecule has 0 spiro atoms. The third-order valence-electron chi connectivity index (χ3n) is 2.20. The van der Waals surface area contributed by atoms with Gasteiger partial charge < -0.3 is 5.32 Å². The van der Waals surface area contributed by atoms with Crippen molar-refractivity contribution < 1.29 is 0 Å². The van der Waals surface area contributed by atoms with Crippen molar-refractivity contribution in [2.24, 2.45) is 0 Å². The summed E-state index contributed by atoms with van der Waals surface area (Å²) in [5.74, 6) is 0. The zero-order valence-electron chi connectivity index (χ0n) is 10.4. The Morgan fingerprint density at radius 2 is 1.31 bits per heavy atom. The van der Waals surface area contributed by atoms with Crippen molar-refractivity contribution in [2.75, 3.05) is 20.1 Å². The number of rotatable bonds is 3. The predicted molar refractivity (Wildman–Crippen MR) is 60.1 cm³/mol. The molecule has 0 unspecified atom stereocenters. The normalized spacial score (nSPS) is 13.8. The van der Waals surface area contributed by atoms with E-state index in [-0.39, 0.29) is 11.1 Å². The molecule has 0 aromatic heterocycles. The highest BCUT2D eigenvalue weighted by Crippen LogP contribution is 2.23. The molecule has 13 heavy (non-hydrogen) atoms. The van der Waals surface area contributed by atoms with Crippen LogP contribution in [0.5, 0.6) is 0 Å². The summed E-state index contributed by atoms with van der Waals surface area (Å²) in [5, 5.41) is 3.20. The van der Waals surface area contributed by atoms with Crippen molar-refractivity contribution in [3.63, 3.8) is 0 Å². The molecular formula is C11H26N2. The van der Waals surface area contributed by atoms with E-state index in [1.54, 1.807) is 0 Å². The number of nitrogens with zero attached hydrogens (tertiary/aromatic N) is 1. The summed E-state index contributed by atoms with van der Waals surface area (Å²) in [4.78, 5) is 2.52. The summed E-state index contributed by atoms with van der Waals surface area (Å²) in [6.07, 6.45) is 0. The Morgan fingerprint density at radius 1 is 0.923 bits per heavy atom. The van der Waals surface area contributed by atoms with Crippen LogP contribution >= 0.6 is 0 Å². The topological polar surface area (TPSA) is 15.3 Å². The molecule has 0 atom stereocenters. The summed E-state index contributed by atoms with van der Waals surface area (Å²) in [7, 11) is 2.00. The lowest BCUT2D eigenvalue weighted by Gasteiger charge is -2.45. The molecule has 0 aliphatic carbocycles. The minimum absolute atomic E-state index is 0.245. The molecule has 0 saturated heterocycles. The van der Waals surface area contributed by atoms with Crippen LogP contribution in [0.4, 0.5) is 0 Å². The van der Waals surface area contributed by atoms with Crippen molar-refractivity contribution >= 4 is 0 Å². The van der Waals surface area contributed by atoms with Crippen molar-refractivity contribution in [1.82, 2.24) is 10.2 Å². The van der Waals surface area contributed by atoms with Crippen molar-refractivity contribution in [3.05, 3.63) is 0 Å². The smallest absolute Gasteiger partial charge is 0.0130 e. The number of nitrogens with one attached hydrogen (secondary N) is 1. The fourth-order valence-electron chi connectivity index (χ4n) is 1.90. The first kappa shape index (κ1) is 12.9. The lowest BCUT2D eigenvalue weighted by molar-refractivity contribution is 0.0402. The summed E-state index contributed by atoms with van der Waals surface area (Å²) in [6, 6.07) is 0. The second kappa shape index (κ2) is 4.43. The largest absolute Gasteiger partial charge is 0.318 e. The molecule has 80 valence electrons. The summed E-state index contributed by atoms with van der Waals surface area (Å²) in [6.45, 7) is 15.8. The van der Waals surface area contributed by atoms with Crippen LogP contribution in [0.15, 0.2) is 0 Å². The second-order valence-electron chi connectivity index (χ2n) is 5.60. The van der Waals surface area contributed by atoms with Crippen LogP contribution < -0.4 is 5.32 Å². The first-order valence-electron chi connectivity index (χ1n) is 5.12. The molecule has 2 nitrogen and oxygen atoms in total. The molecule has 0 amide bonds. The Balaban J connectivity index is 4.39. The van der Waals surface area contributed by atoms with E-state index in [9.17, 15) is 0 Å². The average Bonchev–Trinajstić information content (AvgIpc) is 1.81. The molecule has 0 aromatic carbocycles. The van der Waals surface area contributed by atoms with E-state index < -0.39 is 0 Å². The van der Waals surface area contributed by atoms with Crippen LogP contribution in [-0.4, -0.2) is 36.1 Å². The third kappa shape index (κ3) is 4.63. The van der Waals surface area contributed by atoms with E-state index in [1.165, 1.54) is 0 Å². The molecule has 0 fully saturated rings. The van der Waals surface area contributed by atoms with Gasteiger partial charge in [-0.3, -0.25) is 4.90 Å². The van der Waals surface area contributed by atoms with Gasteiger partial charge in [-0.25, -0.2) is 0 Å². The van der Waals surface area contributed by atoms with Gasteiger partial charge in [0.15, 0.2) is 0 Å². The van der Waals surface area contributed by atoms with Gasteiger partial charge >= 0.3 is 0 Å². The van der Waals surface area contributed by atoms with E-state index in [0.29, 0.717) is 0 Å². The summed E-state index contributed by atoms with van der Waals surface area (Å²) < 4.78 is 0. The first-order chi connectivity index (χ1) is 5.69. The fourth-order valence-corrected chi connectivity index (χ4v) is 1.90. The fraction of sp³-hybridized carbons (Fsp3) is 1.00. The highest BCUT2D eigenvalue weighted by atomic mass is 15.2. The molecule has 0 aliphatic rings. The third-order valence-corrected chi connectivity index (χ3v) is 2.20. The standard InChI is InChI=1S/C11H26N2/c1-10(2,3)13(9-8-12-7)11(4,5)6/h12H,8-9H2,1-7H3. The van der Waals surface area contributed by atoms with E-state index in [1.807, 2.05) is 7.05 Å². The lowest BCUT2D eigenvalue weighted by atomic mass is 9.96. The number of hydrogen-bond acceptors (Lipinski definition) is 2. The SMILES string of the molecule is CNCCN(C(C)(C)C)C(C)(C)C. The Hall–Kier alpha value is -0.0800. The van der Waals surface area contributed by atoms with Crippen LogP contribution in [0.2, 0.25) is 0 Å². The van der Waals surface area contributed by atoms with E-state index in [4.69, 9.17) is 0 Å². The van der Waals surface area contributed by atoms with Gasteiger partial charge in [-0.2, -0.15) is 0 Å². The van der Waals surface area contributed by atoms with Crippen LogP contribution in [0.25, 0.3) is 0 Å². The van der Waals surface area contributed by atoms with Crippen LogP contribution in [0.3, 0.4) is 0 Å². The van der Waals surface area contributed by atoms with Crippen LogP contribution in [-0.2, 0) is 0 Å². The molecule has 0 aliphatic heterocycles. The quantitative estimate of drug-likeness (QED) is 0.726. The Kier molecular flexibility index (Phi) is 4.40. The molecule has 0 rings (SSSR count). The molecule has 1 N–H and O–H groups in total. The summed E-state index contributed by atoms with van der Waals surface area (Å²) in [5.41, 5.74) is 0.490. The van der Waals surface area contributed by atoms with E-state index in [2.05, 4.69) is 51.8 Å². The zero-order chi connectivity index (χ0) is 10.7. The van der Waals surface area contributed by atoms with Gasteiger partial charge in [0.05, 0.1) is 0 Å². The number of hydrogen-bond donors (Lipinski definition) is 1. The molecule has 0 radical (unpaired) electrons. The lowest BCUT2D eigenvalue weighted by Crippen LogP contribution is -2.54. The van der Waals surface area contributed by atoms with Crippen LogP contribution in [0.1, 0.15) is 41.5 Å². The molecular weight excluding hydrogens is 160 g/mol. The van der Waals surface area contributed by atoms with Crippen molar-refractivity contribution in [3.8, 4) is 0 Å². The monoisotopic (exact) mass is 186 g/mol. The highest BCUT2D eigenvalue weighted by molar-refractivity contribution is 4.86. The van der Waals surface area contributed by atoms with Gasteiger partial charge in [0.1, 0.15) is 0 Å². The second-order valence-corrected chi connectivity index (χ2v) is 5.60. The molecule has 0 bridgehead atoms. The van der Waals surface area contributed by atoms with Gasteiger partial charge in [-0.15, -0.1) is 0 Å². The Labute approximate surface area is 83.7 Å². The maximum atomic E-state index is 3.20. The van der Waals surface area contributed by atoms with E-state index >= 15 is 0 Å². The predicted octanol–water partition coefficient (Wildman–Crippen LogP) is 2.10. The maximum Gasteiger partial charge on any atom is 0.0130 e. The molecule has 0 aromatic rings. The van der Waals surface area contributed by atoms with Crippen LogP contribution in [0, 0.1) is 0 Å². The highest BCUT2D eigenvalue weighted by Gasteiger charge is 2.30. The van der Waals surface area contributed by atoms with Gasteiger partial charge in [-0.05, 0) is 48.6 Å². The first-order valence-corrected chi connectivity index (χ1v) is 5.12. The molecule has 0 heterocycles. The van der Waals surface area contributed by atoms with Crippen molar-refractivity contribution in [1.29, 1.82) is 0 Å².